The molecule has 0 saturated heterocycles. The summed E-state index contributed by atoms with van der Waals surface area (Å²) in [5, 5.41) is 0.786. The summed E-state index contributed by atoms with van der Waals surface area (Å²) in [6, 6.07) is 5.92. The van der Waals surface area contributed by atoms with Crippen molar-refractivity contribution >= 4 is 34.2 Å². The van der Waals surface area contributed by atoms with E-state index in [1.54, 1.807) is 0 Å². The lowest BCUT2D eigenvalue weighted by Crippen LogP contribution is -2.13. The third-order valence-corrected chi connectivity index (χ3v) is 4.51. The summed E-state index contributed by atoms with van der Waals surface area (Å²) in [7, 11) is 0. The first-order valence-corrected chi connectivity index (χ1v) is 7.81. The Morgan fingerprint density at radius 2 is 2.21 bits per heavy atom. The maximum atomic E-state index is 6.36. The van der Waals surface area contributed by atoms with Crippen LogP contribution in [-0.4, -0.2) is 15.4 Å². The summed E-state index contributed by atoms with van der Waals surface area (Å²) in [5.41, 5.74) is 2.05. The van der Waals surface area contributed by atoms with Crippen molar-refractivity contribution in [2.45, 2.75) is 32.7 Å². The van der Waals surface area contributed by atoms with E-state index >= 15 is 0 Å². The summed E-state index contributed by atoms with van der Waals surface area (Å²) >= 11 is 12.3. The molecule has 0 bridgehead atoms. The smallest absolute Gasteiger partial charge is 0.111 e. The quantitative estimate of drug-likeness (QED) is 0.742. The Balaban J connectivity index is 2.04. The topological polar surface area (TPSA) is 17.8 Å². The van der Waals surface area contributed by atoms with Gasteiger partial charge in [0.2, 0.25) is 0 Å². The first-order valence-electron chi connectivity index (χ1n) is 6.90. The van der Waals surface area contributed by atoms with Crippen LogP contribution in [-0.2, 0) is 13.0 Å². The van der Waals surface area contributed by atoms with Crippen LogP contribution in [0.4, 0.5) is 0 Å². The largest absolute Gasteiger partial charge is 0.326 e. The first kappa shape index (κ1) is 13.3. The predicted molar refractivity (Wildman–Crippen MR) is 81.1 cm³/mol. The van der Waals surface area contributed by atoms with Crippen molar-refractivity contribution in [3.8, 4) is 0 Å². The molecule has 2 nitrogen and oxygen atoms in total. The SMILES string of the molecule is CC(Cn1c(CCCl)nc2cccc(Cl)c21)C1CC1. The zero-order chi connectivity index (χ0) is 13.4. The summed E-state index contributed by atoms with van der Waals surface area (Å²) < 4.78 is 2.28. The fourth-order valence-corrected chi connectivity index (χ4v) is 3.20. The lowest BCUT2D eigenvalue weighted by atomic mass is 10.1. The summed E-state index contributed by atoms with van der Waals surface area (Å²) in [6.07, 6.45) is 3.53. The van der Waals surface area contributed by atoms with Gasteiger partial charge in [0, 0.05) is 18.8 Å². The van der Waals surface area contributed by atoms with Crippen molar-refractivity contribution in [2.75, 3.05) is 5.88 Å². The van der Waals surface area contributed by atoms with Gasteiger partial charge in [-0.2, -0.15) is 0 Å². The van der Waals surface area contributed by atoms with Crippen molar-refractivity contribution in [1.29, 1.82) is 0 Å². The molecule has 0 aliphatic heterocycles. The first-order chi connectivity index (χ1) is 9.20. The zero-order valence-electron chi connectivity index (χ0n) is 11.1. The van der Waals surface area contributed by atoms with E-state index in [1.165, 1.54) is 12.8 Å². The van der Waals surface area contributed by atoms with Crippen LogP contribution in [0.2, 0.25) is 5.02 Å². The summed E-state index contributed by atoms with van der Waals surface area (Å²) in [5.74, 6) is 3.22. The second-order valence-electron chi connectivity index (χ2n) is 5.50. The number of hydrogen-bond donors (Lipinski definition) is 0. The van der Waals surface area contributed by atoms with E-state index in [-0.39, 0.29) is 0 Å². The van der Waals surface area contributed by atoms with E-state index in [4.69, 9.17) is 28.2 Å². The minimum Gasteiger partial charge on any atom is -0.326 e. The molecule has 1 aromatic carbocycles. The van der Waals surface area contributed by atoms with Crippen molar-refractivity contribution in [1.82, 2.24) is 9.55 Å². The molecule has 1 fully saturated rings. The molecule has 1 aliphatic rings. The van der Waals surface area contributed by atoms with Gasteiger partial charge in [-0.15, -0.1) is 11.6 Å². The highest BCUT2D eigenvalue weighted by Gasteiger charge is 2.29. The normalized spacial score (nSPS) is 17.0. The molecule has 2 aromatic rings. The highest BCUT2D eigenvalue weighted by atomic mass is 35.5. The average molecular weight is 297 g/mol. The molecule has 1 heterocycles. The van der Waals surface area contributed by atoms with E-state index < -0.39 is 0 Å². The Labute approximate surface area is 123 Å². The Bertz CT molecular complexity index is 587. The molecule has 0 amide bonds. The monoisotopic (exact) mass is 296 g/mol. The molecule has 0 N–H and O–H groups in total. The van der Waals surface area contributed by atoms with Gasteiger partial charge in [0.25, 0.3) is 0 Å². The maximum absolute atomic E-state index is 6.36. The standard InChI is InChI=1S/C15H18Cl2N2/c1-10(11-5-6-11)9-19-14(7-8-16)18-13-4-2-3-12(17)15(13)19/h2-4,10-11H,5-9H2,1H3. The minimum absolute atomic E-state index is 0.596. The van der Waals surface area contributed by atoms with Crippen molar-refractivity contribution in [2.24, 2.45) is 11.8 Å². The molecule has 0 radical (unpaired) electrons. The number of benzene rings is 1. The predicted octanol–water partition coefficient (Wildman–Crippen LogP) is 4.52. The van der Waals surface area contributed by atoms with E-state index in [0.29, 0.717) is 11.8 Å². The minimum atomic E-state index is 0.596. The number of hydrogen-bond acceptors (Lipinski definition) is 1. The molecule has 1 atom stereocenters. The third-order valence-electron chi connectivity index (χ3n) is 4.01. The number of aromatic nitrogens is 2. The van der Waals surface area contributed by atoms with Gasteiger partial charge < -0.3 is 4.57 Å². The van der Waals surface area contributed by atoms with Crippen LogP contribution < -0.4 is 0 Å². The number of alkyl halides is 1. The molecule has 1 aliphatic carbocycles. The van der Waals surface area contributed by atoms with Crippen LogP contribution in [0, 0.1) is 11.8 Å². The van der Waals surface area contributed by atoms with Crippen LogP contribution in [0.5, 0.6) is 0 Å². The van der Waals surface area contributed by atoms with Crippen LogP contribution in [0.15, 0.2) is 18.2 Å². The van der Waals surface area contributed by atoms with Gasteiger partial charge in [0.15, 0.2) is 0 Å². The number of nitrogens with zero attached hydrogens (tertiary/aromatic N) is 2. The van der Waals surface area contributed by atoms with Crippen molar-refractivity contribution < 1.29 is 0 Å². The van der Waals surface area contributed by atoms with E-state index in [1.807, 2.05) is 18.2 Å². The second kappa shape index (κ2) is 5.34. The van der Waals surface area contributed by atoms with Crippen molar-refractivity contribution in [3.05, 3.63) is 29.0 Å². The van der Waals surface area contributed by atoms with Crippen LogP contribution in [0.1, 0.15) is 25.6 Å². The van der Waals surface area contributed by atoms with E-state index in [9.17, 15) is 0 Å². The number of rotatable bonds is 5. The number of aryl methyl sites for hydroxylation is 1. The Kier molecular flexibility index (Phi) is 3.72. The molecule has 19 heavy (non-hydrogen) atoms. The molecule has 1 unspecified atom stereocenters. The van der Waals surface area contributed by atoms with Gasteiger partial charge in [-0.1, -0.05) is 24.6 Å². The lowest BCUT2D eigenvalue weighted by molar-refractivity contribution is 0.429. The Morgan fingerprint density at radius 1 is 1.42 bits per heavy atom. The molecular weight excluding hydrogens is 279 g/mol. The molecular formula is C15H18Cl2N2. The third kappa shape index (κ3) is 2.61. The van der Waals surface area contributed by atoms with Gasteiger partial charge in [-0.25, -0.2) is 4.98 Å². The molecule has 4 heteroatoms. The number of halogens is 2. The number of fused-ring (bicyclic) bond motifs is 1. The Morgan fingerprint density at radius 3 is 2.89 bits per heavy atom. The van der Waals surface area contributed by atoms with E-state index in [2.05, 4.69) is 11.5 Å². The fraction of sp³-hybridized carbons (Fsp3) is 0.533. The highest BCUT2D eigenvalue weighted by Crippen LogP contribution is 2.38. The molecule has 0 spiro atoms. The van der Waals surface area contributed by atoms with Crippen LogP contribution in [0.25, 0.3) is 11.0 Å². The average Bonchev–Trinajstić information content (AvgIpc) is 3.16. The molecule has 102 valence electrons. The highest BCUT2D eigenvalue weighted by molar-refractivity contribution is 6.35. The molecule has 3 rings (SSSR count). The molecule has 1 aromatic heterocycles. The zero-order valence-corrected chi connectivity index (χ0v) is 12.6. The van der Waals surface area contributed by atoms with Gasteiger partial charge in [-0.05, 0) is 36.8 Å². The van der Waals surface area contributed by atoms with Gasteiger partial charge >= 0.3 is 0 Å². The summed E-state index contributed by atoms with van der Waals surface area (Å²) in [4.78, 5) is 4.69. The molecule has 1 saturated carbocycles. The number of imidazole rings is 1. The van der Waals surface area contributed by atoms with Crippen LogP contribution in [0.3, 0.4) is 0 Å². The summed E-state index contributed by atoms with van der Waals surface area (Å²) in [6.45, 7) is 3.32. The second-order valence-corrected chi connectivity index (χ2v) is 6.29. The maximum Gasteiger partial charge on any atom is 0.111 e. The Hall–Kier alpha value is -0.730. The van der Waals surface area contributed by atoms with Crippen molar-refractivity contribution in [3.63, 3.8) is 0 Å². The van der Waals surface area contributed by atoms with Crippen LogP contribution >= 0.6 is 23.2 Å². The fourth-order valence-electron chi connectivity index (χ4n) is 2.76. The van der Waals surface area contributed by atoms with E-state index in [0.717, 1.165) is 40.8 Å². The number of para-hydroxylation sites is 1. The van der Waals surface area contributed by atoms with Gasteiger partial charge in [-0.3, -0.25) is 0 Å². The van der Waals surface area contributed by atoms with Gasteiger partial charge in [0.05, 0.1) is 16.1 Å². The van der Waals surface area contributed by atoms with Gasteiger partial charge in [0.1, 0.15) is 5.82 Å². The lowest BCUT2D eigenvalue weighted by Gasteiger charge is -2.15.